The van der Waals surface area contributed by atoms with E-state index < -0.39 is 0 Å². The predicted molar refractivity (Wildman–Crippen MR) is 112 cm³/mol. The van der Waals surface area contributed by atoms with Gasteiger partial charge in [0.15, 0.2) is 0 Å². The summed E-state index contributed by atoms with van der Waals surface area (Å²) >= 11 is 0. The Labute approximate surface area is 171 Å². The number of ether oxygens (including phenoxy) is 1. The Kier molecular flexibility index (Phi) is 6.01. The monoisotopic (exact) mass is 393 g/mol. The van der Waals surface area contributed by atoms with Crippen molar-refractivity contribution in [2.45, 2.75) is 40.2 Å². The van der Waals surface area contributed by atoms with Crippen LogP contribution in [-0.4, -0.2) is 35.1 Å². The summed E-state index contributed by atoms with van der Waals surface area (Å²) in [5, 5.41) is 4.05. The van der Waals surface area contributed by atoms with Crippen molar-refractivity contribution in [3.63, 3.8) is 0 Å². The Morgan fingerprint density at radius 3 is 2.62 bits per heavy atom. The highest BCUT2D eigenvalue weighted by Gasteiger charge is 2.20. The Morgan fingerprint density at radius 2 is 1.97 bits per heavy atom. The minimum atomic E-state index is -0.0950. The molecular weight excluding hydrogens is 366 g/mol. The molecule has 0 unspecified atom stereocenters. The summed E-state index contributed by atoms with van der Waals surface area (Å²) in [6.07, 6.45) is 0. The lowest BCUT2D eigenvalue weighted by Gasteiger charge is -2.19. The molecule has 0 saturated heterocycles. The first kappa shape index (κ1) is 20.6. The van der Waals surface area contributed by atoms with Crippen molar-refractivity contribution < 1.29 is 14.1 Å². The molecule has 0 spiro atoms. The first-order chi connectivity index (χ1) is 13.8. The molecule has 6 nitrogen and oxygen atoms in total. The van der Waals surface area contributed by atoms with Crippen molar-refractivity contribution >= 4 is 5.91 Å². The predicted octanol–water partition coefficient (Wildman–Crippen LogP) is 4.76. The Morgan fingerprint density at radius 1 is 1.21 bits per heavy atom. The highest BCUT2D eigenvalue weighted by atomic mass is 16.5. The maximum Gasteiger partial charge on any atom is 0.254 e. The maximum absolute atomic E-state index is 13.1. The van der Waals surface area contributed by atoms with E-state index in [4.69, 9.17) is 9.26 Å². The summed E-state index contributed by atoms with van der Waals surface area (Å²) in [7, 11) is 3.38. The summed E-state index contributed by atoms with van der Waals surface area (Å²) < 4.78 is 10.8. The first-order valence-corrected chi connectivity index (χ1v) is 9.63. The number of amides is 1. The Hall–Kier alpha value is -3.15. The van der Waals surface area contributed by atoms with E-state index in [-0.39, 0.29) is 18.4 Å². The Balaban J connectivity index is 1.80. The van der Waals surface area contributed by atoms with Crippen molar-refractivity contribution in [1.29, 1.82) is 0 Å². The van der Waals surface area contributed by atoms with Crippen LogP contribution < -0.4 is 4.74 Å². The number of nitrogens with zero attached hydrogens (tertiary/aromatic N) is 3. The molecule has 0 radical (unpaired) electrons. The van der Waals surface area contributed by atoms with E-state index in [2.05, 4.69) is 24.0 Å². The van der Waals surface area contributed by atoms with Crippen LogP contribution in [0, 0.1) is 13.8 Å². The van der Waals surface area contributed by atoms with Crippen LogP contribution in [0.1, 0.15) is 52.7 Å². The molecule has 0 saturated carbocycles. The summed E-state index contributed by atoms with van der Waals surface area (Å²) in [4.78, 5) is 19.1. The fourth-order valence-corrected chi connectivity index (χ4v) is 3.26. The number of carbonyl (C=O) groups is 1. The zero-order chi connectivity index (χ0) is 21.1. The largest absolute Gasteiger partial charge is 0.496 e. The molecule has 152 valence electrons. The fraction of sp³-hybridized carbons (Fsp3) is 0.348. The second kappa shape index (κ2) is 8.47. The summed E-state index contributed by atoms with van der Waals surface area (Å²) in [6, 6.07) is 11.7. The standard InChI is InChI=1S/C23H27N3O3/c1-14(2)18-12-19(16(4)11-20(18)28-6)23(27)26(5)13-21-24-22(25-29-21)17-9-7-8-15(3)10-17/h7-12,14H,13H2,1-6H3. The average Bonchev–Trinajstić information content (AvgIpc) is 3.15. The van der Waals surface area contributed by atoms with Gasteiger partial charge in [0.05, 0.1) is 13.7 Å². The molecule has 3 rings (SSSR count). The number of carbonyl (C=O) groups excluding carboxylic acids is 1. The molecule has 1 amide bonds. The zero-order valence-corrected chi connectivity index (χ0v) is 17.8. The van der Waals surface area contributed by atoms with Gasteiger partial charge >= 0.3 is 0 Å². The van der Waals surface area contributed by atoms with Crippen molar-refractivity contribution in [2.24, 2.45) is 0 Å². The minimum absolute atomic E-state index is 0.0950. The highest BCUT2D eigenvalue weighted by molar-refractivity contribution is 5.96. The molecule has 0 fully saturated rings. The van der Waals surface area contributed by atoms with Crippen LogP contribution in [0.3, 0.4) is 0 Å². The third kappa shape index (κ3) is 4.47. The second-order valence-electron chi connectivity index (χ2n) is 7.61. The zero-order valence-electron chi connectivity index (χ0n) is 17.8. The van der Waals surface area contributed by atoms with E-state index in [1.54, 1.807) is 19.1 Å². The van der Waals surface area contributed by atoms with E-state index >= 15 is 0 Å². The van der Waals surface area contributed by atoms with Crippen LogP contribution >= 0.6 is 0 Å². The number of methoxy groups -OCH3 is 1. The van der Waals surface area contributed by atoms with E-state index in [1.165, 1.54) is 0 Å². The normalized spacial score (nSPS) is 11.0. The van der Waals surface area contributed by atoms with Gasteiger partial charge in [-0.1, -0.05) is 42.8 Å². The van der Waals surface area contributed by atoms with Crippen molar-refractivity contribution in [1.82, 2.24) is 15.0 Å². The van der Waals surface area contributed by atoms with Gasteiger partial charge in [-0.05, 0) is 49.1 Å². The van der Waals surface area contributed by atoms with Crippen LogP contribution in [0.25, 0.3) is 11.4 Å². The number of rotatable bonds is 6. The summed E-state index contributed by atoms with van der Waals surface area (Å²) in [5.74, 6) is 1.87. The maximum atomic E-state index is 13.1. The molecule has 0 aliphatic carbocycles. The molecule has 1 heterocycles. The molecule has 29 heavy (non-hydrogen) atoms. The van der Waals surface area contributed by atoms with Crippen molar-refractivity contribution in [2.75, 3.05) is 14.2 Å². The van der Waals surface area contributed by atoms with Crippen LogP contribution in [0.4, 0.5) is 0 Å². The smallest absolute Gasteiger partial charge is 0.254 e. The quantitative estimate of drug-likeness (QED) is 0.604. The first-order valence-electron chi connectivity index (χ1n) is 9.63. The molecule has 0 N–H and O–H groups in total. The number of aryl methyl sites for hydroxylation is 2. The molecular formula is C23H27N3O3. The lowest BCUT2D eigenvalue weighted by Crippen LogP contribution is -2.27. The van der Waals surface area contributed by atoms with Crippen molar-refractivity contribution in [3.05, 3.63) is 64.5 Å². The van der Waals surface area contributed by atoms with E-state index in [0.717, 1.165) is 28.0 Å². The van der Waals surface area contributed by atoms with Crippen LogP contribution in [0.2, 0.25) is 0 Å². The van der Waals surface area contributed by atoms with Gasteiger partial charge in [-0.15, -0.1) is 0 Å². The van der Waals surface area contributed by atoms with E-state index in [0.29, 0.717) is 17.3 Å². The fourth-order valence-electron chi connectivity index (χ4n) is 3.26. The van der Waals surface area contributed by atoms with Crippen LogP contribution in [0.15, 0.2) is 40.9 Å². The number of benzene rings is 2. The lowest BCUT2D eigenvalue weighted by atomic mass is 9.96. The van der Waals surface area contributed by atoms with Gasteiger partial charge in [0.1, 0.15) is 5.75 Å². The summed E-state index contributed by atoms with van der Waals surface area (Å²) in [6.45, 7) is 8.32. The lowest BCUT2D eigenvalue weighted by molar-refractivity contribution is 0.0768. The van der Waals surface area contributed by atoms with Crippen LogP contribution in [-0.2, 0) is 6.54 Å². The summed E-state index contributed by atoms with van der Waals surface area (Å²) in [5.41, 5.74) is 4.54. The molecule has 3 aromatic rings. The molecule has 0 aliphatic heterocycles. The topological polar surface area (TPSA) is 68.5 Å². The number of hydrogen-bond donors (Lipinski definition) is 0. The molecule has 6 heteroatoms. The van der Waals surface area contributed by atoms with E-state index in [9.17, 15) is 4.79 Å². The molecule has 2 aromatic carbocycles. The van der Waals surface area contributed by atoms with Gasteiger partial charge < -0.3 is 14.2 Å². The number of aromatic nitrogens is 2. The van der Waals surface area contributed by atoms with Gasteiger partial charge in [-0.3, -0.25) is 4.79 Å². The minimum Gasteiger partial charge on any atom is -0.496 e. The second-order valence-corrected chi connectivity index (χ2v) is 7.61. The van der Waals surface area contributed by atoms with Gasteiger partial charge in [0.2, 0.25) is 11.7 Å². The third-order valence-corrected chi connectivity index (χ3v) is 4.89. The third-order valence-electron chi connectivity index (χ3n) is 4.89. The Bertz CT molecular complexity index is 1020. The van der Waals surface area contributed by atoms with Crippen molar-refractivity contribution in [3.8, 4) is 17.1 Å². The SMILES string of the molecule is COc1cc(C)c(C(=O)N(C)Cc2nc(-c3cccc(C)c3)no2)cc1C(C)C. The van der Waals surface area contributed by atoms with Gasteiger partial charge in [-0.25, -0.2) is 0 Å². The molecule has 0 atom stereocenters. The molecule has 0 bridgehead atoms. The van der Waals surface area contributed by atoms with Crippen LogP contribution in [0.5, 0.6) is 5.75 Å². The molecule has 1 aromatic heterocycles. The van der Waals surface area contributed by atoms with E-state index in [1.807, 2.05) is 50.2 Å². The van der Waals surface area contributed by atoms with Gasteiger partial charge in [0.25, 0.3) is 5.91 Å². The van der Waals surface area contributed by atoms with Gasteiger partial charge in [0, 0.05) is 18.2 Å². The number of hydrogen-bond acceptors (Lipinski definition) is 5. The molecule has 0 aliphatic rings. The average molecular weight is 393 g/mol. The highest BCUT2D eigenvalue weighted by Crippen LogP contribution is 2.30. The van der Waals surface area contributed by atoms with Gasteiger partial charge in [-0.2, -0.15) is 4.98 Å².